The fourth-order valence-electron chi connectivity index (χ4n) is 2.02. The molecule has 150 valence electrons. The van der Waals surface area contributed by atoms with Gasteiger partial charge in [0.15, 0.2) is 19.5 Å². The standard InChI is InChI=1S/C14H22N5O7P/c1-8(2)26-14(21)23-6-25-27(22)7-24-9(3)4-19-5-16-10-11(19)17-13(15)18-12(10)20/h5,8-9,22H,4,6-7H2,1-3H3,(H3,15,17,18,20). The van der Waals surface area contributed by atoms with E-state index in [1.54, 1.807) is 25.3 Å². The number of hydrogen-bond donors (Lipinski definition) is 3. The molecule has 0 saturated heterocycles. The molecule has 0 bridgehead atoms. The Morgan fingerprint density at radius 2 is 2.19 bits per heavy atom. The lowest BCUT2D eigenvalue weighted by Crippen LogP contribution is -2.18. The number of fused-ring (bicyclic) bond motifs is 1. The Kier molecular flexibility index (Phi) is 7.48. The Balaban J connectivity index is 1.77. The second-order valence-corrected chi connectivity index (χ2v) is 7.01. The van der Waals surface area contributed by atoms with Gasteiger partial charge in [-0.05, 0) is 20.8 Å². The van der Waals surface area contributed by atoms with Crippen molar-refractivity contribution in [1.82, 2.24) is 19.5 Å². The summed E-state index contributed by atoms with van der Waals surface area (Å²) < 4.78 is 21.5. The van der Waals surface area contributed by atoms with E-state index in [0.29, 0.717) is 12.2 Å². The van der Waals surface area contributed by atoms with Gasteiger partial charge in [-0.15, -0.1) is 0 Å². The summed E-state index contributed by atoms with van der Waals surface area (Å²) in [5.41, 5.74) is 5.64. The van der Waals surface area contributed by atoms with Crippen LogP contribution in [0.25, 0.3) is 11.2 Å². The third-order valence-corrected chi connectivity index (χ3v) is 3.90. The van der Waals surface area contributed by atoms with Crippen LogP contribution in [-0.2, 0) is 25.3 Å². The van der Waals surface area contributed by atoms with E-state index < -0.39 is 26.9 Å². The summed E-state index contributed by atoms with van der Waals surface area (Å²) in [7, 11) is -1.94. The van der Waals surface area contributed by atoms with Crippen molar-refractivity contribution in [2.45, 2.75) is 39.5 Å². The highest BCUT2D eigenvalue weighted by Crippen LogP contribution is 2.31. The highest BCUT2D eigenvalue weighted by Gasteiger charge is 2.15. The summed E-state index contributed by atoms with van der Waals surface area (Å²) in [5.74, 6) is -0.00825. The molecule has 0 aliphatic rings. The molecule has 2 aromatic rings. The van der Waals surface area contributed by atoms with Gasteiger partial charge in [-0.25, -0.2) is 9.78 Å². The van der Waals surface area contributed by atoms with Crippen LogP contribution < -0.4 is 11.3 Å². The Labute approximate surface area is 155 Å². The van der Waals surface area contributed by atoms with Crippen molar-refractivity contribution in [3.05, 3.63) is 16.7 Å². The molecule has 12 nitrogen and oxygen atoms in total. The number of carbonyl (C=O) groups excluding carboxylic acids is 1. The molecule has 0 amide bonds. The number of imidazole rings is 1. The van der Waals surface area contributed by atoms with Gasteiger partial charge in [0.2, 0.25) is 12.7 Å². The summed E-state index contributed by atoms with van der Waals surface area (Å²) in [6, 6.07) is 0. The predicted molar refractivity (Wildman–Crippen MR) is 95.8 cm³/mol. The molecular formula is C14H22N5O7P. The van der Waals surface area contributed by atoms with Crippen molar-refractivity contribution in [2.75, 3.05) is 18.9 Å². The fraction of sp³-hybridized carbons (Fsp3) is 0.571. The normalized spacial score (nSPS) is 13.7. The minimum absolute atomic E-state index is 0.00825. The van der Waals surface area contributed by atoms with Crippen LogP contribution in [0.5, 0.6) is 0 Å². The van der Waals surface area contributed by atoms with Gasteiger partial charge in [0.05, 0.1) is 25.1 Å². The Bertz CT molecular complexity index is 824. The molecule has 0 saturated carbocycles. The second kappa shape index (κ2) is 9.60. The van der Waals surface area contributed by atoms with Gasteiger partial charge in [0, 0.05) is 0 Å². The number of nitrogen functional groups attached to an aromatic ring is 1. The third-order valence-electron chi connectivity index (χ3n) is 3.13. The quantitative estimate of drug-likeness (QED) is 0.311. The van der Waals surface area contributed by atoms with Crippen molar-refractivity contribution < 1.29 is 28.4 Å². The molecule has 2 rings (SSSR count). The molecular weight excluding hydrogens is 381 g/mol. The Morgan fingerprint density at radius 3 is 2.89 bits per heavy atom. The number of nitrogens with two attached hydrogens (primary N) is 1. The molecule has 0 fully saturated rings. The first-order valence-electron chi connectivity index (χ1n) is 8.01. The fourth-order valence-corrected chi connectivity index (χ4v) is 2.66. The summed E-state index contributed by atoms with van der Waals surface area (Å²) in [6.45, 7) is 5.01. The van der Waals surface area contributed by atoms with E-state index in [2.05, 4.69) is 19.7 Å². The minimum atomic E-state index is -1.94. The molecule has 4 N–H and O–H groups in total. The topological polar surface area (TPSA) is 164 Å². The lowest BCUT2D eigenvalue weighted by molar-refractivity contribution is -0.0105. The maximum atomic E-state index is 11.7. The number of ether oxygens (including phenoxy) is 3. The zero-order valence-electron chi connectivity index (χ0n) is 15.1. The van der Waals surface area contributed by atoms with Crippen LogP contribution in [0.4, 0.5) is 10.7 Å². The van der Waals surface area contributed by atoms with E-state index in [9.17, 15) is 14.5 Å². The SMILES string of the molecule is CC(C)OC(=O)OCOP(O)COC(C)Cn1cnc2c(=O)[nH]c(N)nc21. The number of rotatable bonds is 9. The zero-order valence-corrected chi connectivity index (χ0v) is 16.0. The van der Waals surface area contributed by atoms with Crippen molar-refractivity contribution in [3.63, 3.8) is 0 Å². The van der Waals surface area contributed by atoms with Crippen LogP contribution in [0, 0.1) is 0 Å². The minimum Gasteiger partial charge on any atom is -0.432 e. The molecule has 0 spiro atoms. The predicted octanol–water partition coefficient (Wildman–Crippen LogP) is 0.904. The third kappa shape index (κ3) is 6.43. The number of carbonyl (C=O) groups is 1. The molecule has 2 unspecified atom stereocenters. The summed E-state index contributed by atoms with van der Waals surface area (Å²) in [4.78, 5) is 43.1. The van der Waals surface area contributed by atoms with Crippen molar-refractivity contribution in [3.8, 4) is 0 Å². The Morgan fingerprint density at radius 1 is 1.44 bits per heavy atom. The van der Waals surface area contributed by atoms with Crippen LogP contribution >= 0.6 is 8.38 Å². The number of H-pyrrole nitrogens is 1. The average Bonchev–Trinajstić information content (AvgIpc) is 2.95. The highest BCUT2D eigenvalue weighted by atomic mass is 31.2. The van der Waals surface area contributed by atoms with E-state index in [0.717, 1.165) is 0 Å². The van der Waals surface area contributed by atoms with Crippen molar-refractivity contribution in [1.29, 1.82) is 0 Å². The first-order chi connectivity index (χ1) is 12.8. The molecule has 2 heterocycles. The molecule has 13 heteroatoms. The van der Waals surface area contributed by atoms with Crippen LogP contribution in [0.3, 0.4) is 0 Å². The molecule has 2 aromatic heterocycles. The van der Waals surface area contributed by atoms with E-state index in [4.69, 9.17) is 19.7 Å². The van der Waals surface area contributed by atoms with Crippen molar-refractivity contribution >= 4 is 31.6 Å². The van der Waals surface area contributed by atoms with E-state index >= 15 is 0 Å². The maximum Gasteiger partial charge on any atom is 0.510 e. The lowest BCUT2D eigenvalue weighted by Gasteiger charge is -2.17. The van der Waals surface area contributed by atoms with Gasteiger partial charge in [-0.1, -0.05) is 0 Å². The monoisotopic (exact) mass is 403 g/mol. The number of hydrogen-bond acceptors (Lipinski definition) is 10. The van der Waals surface area contributed by atoms with Gasteiger partial charge >= 0.3 is 6.16 Å². The van der Waals surface area contributed by atoms with Gasteiger partial charge in [0.1, 0.15) is 6.35 Å². The first kappa shape index (κ1) is 21.0. The van der Waals surface area contributed by atoms with Crippen LogP contribution in [0.2, 0.25) is 0 Å². The summed E-state index contributed by atoms with van der Waals surface area (Å²) >= 11 is 0. The van der Waals surface area contributed by atoms with E-state index in [1.165, 1.54) is 6.33 Å². The number of aromatic amines is 1. The molecule has 0 aliphatic heterocycles. The lowest BCUT2D eigenvalue weighted by atomic mass is 10.4. The van der Waals surface area contributed by atoms with Gasteiger partial charge in [-0.2, -0.15) is 4.98 Å². The van der Waals surface area contributed by atoms with E-state index in [-0.39, 0.29) is 30.0 Å². The Hall–Kier alpha value is -2.27. The first-order valence-corrected chi connectivity index (χ1v) is 9.41. The van der Waals surface area contributed by atoms with Gasteiger partial charge in [-0.3, -0.25) is 14.3 Å². The van der Waals surface area contributed by atoms with E-state index in [1.807, 2.05) is 0 Å². The maximum absolute atomic E-state index is 11.7. The van der Waals surface area contributed by atoms with Gasteiger partial charge < -0.3 is 29.4 Å². The van der Waals surface area contributed by atoms with Crippen LogP contribution in [0.1, 0.15) is 20.8 Å². The highest BCUT2D eigenvalue weighted by molar-refractivity contribution is 7.45. The summed E-state index contributed by atoms with van der Waals surface area (Å²) in [5, 5.41) is 0. The number of nitrogens with zero attached hydrogens (tertiary/aromatic N) is 3. The zero-order chi connectivity index (χ0) is 20.0. The number of anilines is 1. The molecule has 0 aliphatic carbocycles. The van der Waals surface area contributed by atoms with Gasteiger partial charge in [0.25, 0.3) is 5.56 Å². The number of aromatic nitrogens is 4. The van der Waals surface area contributed by atoms with Crippen LogP contribution in [-0.4, -0.2) is 55.9 Å². The summed E-state index contributed by atoms with van der Waals surface area (Å²) in [6.07, 6.45) is -0.175. The molecule has 0 radical (unpaired) electrons. The smallest absolute Gasteiger partial charge is 0.432 e. The molecule has 27 heavy (non-hydrogen) atoms. The molecule has 2 atom stereocenters. The average molecular weight is 403 g/mol. The largest absolute Gasteiger partial charge is 0.510 e. The number of nitrogens with one attached hydrogen (secondary N) is 1. The molecule has 0 aromatic carbocycles. The van der Waals surface area contributed by atoms with Crippen LogP contribution in [0.15, 0.2) is 11.1 Å². The van der Waals surface area contributed by atoms with Crippen molar-refractivity contribution in [2.24, 2.45) is 0 Å². The second-order valence-electron chi connectivity index (χ2n) is 5.79.